The van der Waals surface area contributed by atoms with Gasteiger partial charge in [-0.1, -0.05) is 0 Å². The Kier molecular flexibility index (Phi) is 3.80. The summed E-state index contributed by atoms with van der Waals surface area (Å²) in [6, 6.07) is 0. The van der Waals surface area contributed by atoms with Gasteiger partial charge >= 0.3 is 12.1 Å². The van der Waals surface area contributed by atoms with Gasteiger partial charge in [0.05, 0.1) is 12.0 Å². The Morgan fingerprint density at radius 3 is 2.50 bits per heavy atom. The molecular formula is C9H13F3O4. The molecule has 0 aliphatic carbocycles. The van der Waals surface area contributed by atoms with Crippen molar-refractivity contribution < 1.29 is 32.9 Å². The molecule has 7 heteroatoms. The van der Waals surface area contributed by atoms with E-state index in [1.807, 2.05) is 0 Å². The van der Waals surface area contributed by atoms with E-state index in [1.165, 1.54) is 0 Å². The predicted octanol–water partition coefficient (Wildman–Crippen LogP) is 1.18. The summed E-state index contributed by atoms with van der Waals surface area (Å²) in [7, 11) is 0. The second-order valence-corrected chi connectivity index (χ2v) is 4.00. The molecule has 4 nitrogen and oxygen atoms in total. The van der Waals surface area contributed by atoms with Crippen molar-refractivity contribution in [2.24, 2.45) is 5.41 Å². The van der Waals surface area contributed by atoms with Gasteiger partial charge in [-0.15, -0.1) is 0 Å². The van der Waals surface area contributed by atoms with Crippen LogP contribution in [-0.2, 0) is 9.53 Å². The van der Waals surface area contributed by atoms with Gasteiger partial charge in [-0.25, -0.2) is 0 Å². The highest BCUT2D eigenvalue weighted by Crippen LogP contribution is 2.37. The van der Waals surface area contributed by atoms with Crippen molar-refractivity contribution in [3.63, 3.8) is 0 Å². The van der Waals surface area contributed by atoms with Crippen LogP contribution in [0.4, 0.5) is 13.2 Å². The summed E-state index contributed by atoms with van der Waals surface area (Å²) in [6.07, 6.45) is -7.79. The largest absolute Gasteiger partial charge is 0.481 e. The van der Waals surface area contributed by atoms with Gasteiger partial charge in [0.15, 0.2) is 6.10 Å². The molecule has 1 saturated heterocycles. The maximum atomic E-state index is 12.2. The van der Waals surface area contributed by atoms with E-state index in [0.717, 1.165) is 0 Å². The Bertz CT molecular complexity index is 258. The lowest BCUT2D eigenvalue weighted by Gasteiger charge is -2.34. The minimum absolute atomic E-state index is 0.0927. The van der Waals surface area contributed by atoms with E-state index in [1.54, 1.807) is 0 Å². The van der Waals surface area contributed by atoms with Crippen LogP contribution in [0.2, 0.25) is 0 Å². The molecule has 0 saturated carbocycles. The summed E-state index contributed by atoms with van der Waals surface area (Å²) in [4.78, 5) is 11.0. The highest BCUT2D eigenvalue weighted by atomic mass is 19.4. The van der Waals surface area contributed by atoms with Crippen LogP contribution in [-0.4, -0.2) is 41.7 Å². The summed E-state index contributed by atoms with van der Waals surface area (Å²) in [5.74, 6) is -1.35. The van der Waals surface area contributed by atoms with E-state index in [0.29, 0.717) is 13.0 Å². The average molecular weight is 242 g/mol. The number of ether oxygens (including phenoxy) is 1. The Balaban J connectivity index is 2.75. The first-order valence-corrected chi connectivity index (χ1v) is 4.84. The van der Waals surface area contributed by atoms with Crippen LogP contribution in [0.1, 0.15) is 19.3 Å². The summed E-state index contributed by atoms with van der Waals surface area (Å²) < 4.78 is 41.4. The van der Waals surface area contributed by atoms with Gasteiger partial charge in [0.2, 0.25) is 0 Å². The number of aliphatic hydroxyl groups excluding tert-OH is 1. The number of hydrogen-bond donors (Lipinski definition) is 2. The zero-order chi connectivity index (χ0) is 12.4. The fourth-order valence-corrected chi connectivity index (χ4v) is 1.76. The SMILES string of the molecule is O=C(O)C1(CC(O)C(F)(F)F)CCCOC1. The van der Waals surface area contributed by atoms with Gasteiger partial charge in [-0.05, 0) is 12.8 Å². The Labute approximate surface area is 90.0 Å². The van der Waals surface area contributed by atoms with Crippen LogP contribution in [0.5, 0.6) is 0 Å². The zero-order valence-electron chi connectivity index (χ0n) is 8.46. The van der Waals surface area contributed by atoms with Crippen LogP contribution in [0.3, 0.4) is 0 Å². The minimum Gasteiger partial charge on any atom is -0.481 e. The first kappa shape index (κ1) is 13.2. The normalized spacial score (nSPS) is 28.8. The van der Waals surface area contributed by atoms with Crippen LogP contribution in [0, 0.1) is 5.41 Å². The van der Waals surface area contributed by atoms with Gasteiger partial charge in [0.25, 0.3) is 0 Å². The third kappa shape index (κ3) is 2.85. The Morgan fingerprint density at radius 2 is 2.12 bits per heavy atom. The topological polar surface area (TPSA) is 66.8 Å². The predicted molar refractivity (Wildman–Crippen MR) is 46.8 cm³/mol. The molecule has 1 heterocycles. The second kappa shape index (κ2) is 4.58. The number of aliphatic carboxylic acids is 1. The van der Waals surface area contributed by atoms with Gasteiger partial charge in [0, 0.05) is 13.0 Å². The quantitative estimate of drug-likeness (QED) is 0.779. The number of hydrogen-bond acceptors (Lipinski definition) is 3. The number of halogens is 3. The molecule has 0 amide bonds. The Hall–Kier alpha value is -0.820. The van der Waals surface area contributed by atoms with Gasteiger partial charge in [-0.3, -0.25) is 4.79 Å². The number of aliphatic hydroxyl groups is 1. The lowest BCUT2D eigenvalue weighted by Crippen LogP contribution is -2.45. The Morgan fingerprint density at radius 1 is 1.50 bits per heavy atom. The third-order valence-electron chi connectivity index (χ3n) is 2.74. The molecule has 1 aliphatic heterocycles. The summed E-state index contributed by atoms with van der Waals surface area (Å²) >= 11 is 0. The van der Waals surface area contributed by atoms with Crippen LogP contribution < -0.4 is 0 Å². The average Bonchev–Trinajstić information content (AvgIpc) is 2.17. The van der Waals surface area contributed by atoms with Gasteiger partial charge < -0.3 is 14.9 Å². The first-order valence-electron chi connectivity index (χ1n) is 4.84. The van der Waals surface area contributed by atoms with Gasteiger partial charge in [0.1, 0.15) is 0 Å². The number of carbonyl (C=O) groups is 1. The zero-order valence-corrected chi connectivity index (χ0v) is 8.46. The van der Waals surface area contributed by atoms with E-state index in [9.17, 15) is 18.0 Å². The molecule has 1 rings (SSSR count). The summed E-state index contributed by atoms with van der Waals surface area (Å²) in [5.41, 5.74) is -1.62. The second-order valence-electron chi connectivity index (χ2n) is 4.00. The van der Waals surface area contributed by atoms with Crippen molar-refractivity contribution in [3.8, 4) is 0 Å². The maximum absolute atomic E-state index is 12.2. The number of carboxylic acid groups (broad SMARTS) is 1. The van der Waals surface area contributed by atoms with Crippen molar-refractivity contribution in [2.75, 3.05) is 13.2 Å². The molecular weight excluding hydrogens is 229 g/mol. The molecule has 0 radical (unpaired) electrons. The monoisotopic (exact) mass is 242 g/mol. The third-order valence-corrected chi connectivity index (χ3v) is 2.74. The van der Waals surface area contributed by atoms with E-state index in [4.69, 9.17) is 14.9 Å². The lowest BCUT2D eigenvalue weighted by atomic mass is 9.77. The van der Waals surface area contributed by atoms with E-state index in [-0.39, 0.29) is 13.0 Å². The highest BCUT2D eigenvalue weighted by Gasteiger charge is 2.49. The summed E-state index contributed by atoms with van der Waals surface area (Å²) in [5, 5.41) is 17.9. The molecule has 0 aromatic heterocycles. The fourth-order valence-electron chi connectivity index (χ4n) is 1.76. The van der Waals surface area contributed by atoms with Crippen LogP contribution in [0.15, 0.2) is 0 Å². The van der Waals surface area contributed by atoms with Crippen molar-refractivity contribution in [1.29, 1.82) is 0 Å². The molecule has 2 atom stereocenters. The first-order chi connectivity index (χ1) is 7.28. The molecule has 0 aromatic rings. The van der Waals surface area contributed by atoms with Crippen molar-refractivity contribution in [3.05, 3.63) is 0 Å². The molecule has 0 spiro atoms. The van der Waals surface area contributed by atoms with Crippen LogP contribution in [0.25, 0.3) is 0 Å². The molecule has 2 N–H and O–H groups in total. The molecule has 1 aliphatic rings. The standard InChI is InChI=1S/C9H13F3O4/c10-9(11,12)6(13)4-8(7(14)15)2-1-3-16-5-8/h6,13H,1-5H2,(H,14,15). The molecule has 94 valence electrons. The lowest BCUT2D eigenvalue weighted by molar-refractivity contribution is -0.219. The maximum Gasteiger partial charge on any atom is 0.414 e. The molecule has 2 unspecified atom stereocenters. The smallest absolute Gasteiger partial charge is 0.414 e. The highest BCUT2D eigenvalue weighted by molar-refractivity contribution is 5.75. The number of carboxylic acids is 1. The minimum atomic E-state index is -4.79. The van der Waals surface area contributed by atoms with E-state index in [2.05, 4.69) is 0 Å². The van der Waals surface area contributed by atoms with E-state index < -0.39 is 30.1 Å². The molecule has 1 fully saturated rings. The van der Waals surface area contributed by atoms with Crippen LogP contribution >= 0.6 is 0 Å². The fraction of sp³-hybridized carbons (Fsp3) is 0.889. The molecule has 0 bridgehead atoms. The van der Waals surface area contributed by atoms with E-state index >= 15 is 0 Å². The summed E-state index contributed by atoms with van der Waals surface area (Å²) in [6.45, 7) is 0.0621. The van der Waals surface area contributed by atoms with Gasteiger partial charge in [-0.2, -0.15) is 13.2 Å². The number of alkyl halides is 3. The molecule has 16 heavy (non-hydrogen) atoms. The van der Waals surface area contributed by atoms with Crippen molar-refractivity contribution in [2.45, 2.75) is 31.5 Å². The van der Waals surface area contributed by atoms with Crippen molar-refractivity contribution >= 4 is 5.97 Å². The van der Waals surface area contributed by atoms with Crippen molar-refractivity contribution in [1.82, 2.24) is 0 Å². The molecule has 0 aromatic carbocycles. The number of rotatable bonds is 3.